The Bertz CT molecular complexity index is 1120. The van der Waals surface area contributed by atoms with Crippen LogP contribution in [0.2, 0.25) is 0 Å². The Hall–Kier alpha value is -2.46. The zero-order valence-corrected chi connectivity index (χ0v) is 33.7. The number of rotatable bonds is 28. The molecule has 0 aromatic heterocycles. The van der Waals surface area contributed by atoms with E-state index in [-0.39, 0.29) is 72.7 Å². The van der Waals surface area contributed by atoms with E-state index >= 15 is 0 Å². The van der Waals surface area contributed by atoms with Crippen molar-refractivity contribution >= 4 is 23.9 Å². The molecule has 53 heavy (non-hydrogen) atoms. The maximum Gasteiger partial charge on any atom is 0.334 e. The molecule has 0 aromatic carbocycles. The van der Waals surface area contributed by atoms with Crippen molar-refractivity contribution in [2.75, 3.05) is 0 Å². The number of carbonyl (C=O) groups excluding carboxylic acids is 4. The second-order valence-corrected chi connectivity index (χ2v) is 15.8. The van der Waals surface area contributed by atoms with Crippen LogP contribution in [0.25, 0.3) is 0 Å². The third-order valence-corrected chi connectivity index (χ3v) is 11.0. The SMILES string of the molecule is CCCCCC(CCCCC(OC(C)=O)C1CCC(C2CCC(C(CCCCCCCCCCCCC3=CC(C)OC3=O)OC(C)=O)O2)O1)OC(C)=O. The van der Waals surface area contributed by atoms with Crippen LogP contribution < -0.4 is 0 Å². The lowest BCUT2D eigenvalue weighted by molar-refractivity contribution is -0.164. The molecule has 0 radical (unpaired) electrons. The summed E-state index contributed by atoms with van der Waals surface area (Å²) in [6.45, 7) is 8.46. The Kier molecular flexibility index (Phi) is 21.7. The van der Waals surface area contributed by atoms with Crippen molar-refractivity contribution in [1.29, 1.82) is 0 Å². The van der Waals surface area contributed by atoms with Gasteiger partial charge in [0.05, 0.1) is 24.4 Å². The van der Waals surface area contributed by atoms with E-state index in [1.54, 1.807) is 0 Å². The van der Waals surface area contributed by atoms with Gasteiger partial charge in [-0.15, -0.1) is 0 Å². The quantitative estimate of drug-likeness (QED) is 0.0434. The summed E-state index contributed by atoms with van der Waals surface area (Å²) in [4.78, 5) is 47.3. The van der Waals surface area contributed by atoms with Crippen molar-refractivity contribution in [3.05, 3.63) is 11.6 Å². The van der Waals surface area contributed by atoms with Crippen LogP contribution in [0.3, 0.4) is 0 Å². The number of carbonyl (C=O) groups is 4. The maximum absolute atomic E-state index is 12.0. The van der Waals surface area contributed by atoms with Crippen molar-refractivity contribution in [1.82, 2.24) is 0 Å². The van der Waals surface area contributed by atoms with E-state index in [1.807, 2.05) is 13.0 Å². The Balaban J connectivity index is 1.31. The molecule has 10 heteroatoms. The highest BCUT2D eigenvalue weighted by Crippen LogP contribution is 2.36. The van der Waals surface area contributed by atoms with Crippen LogP contribution in [0.4, 0.5) is 0 Å². The first kappa shape index (κ1) is 44.9. The molecule has 0 saturated carbocycles. The molecule has 8 atom stereocenters. The molecule has 0 amide bonds. The summed E-state index contributed by atoms with van der Waals surface area (Å²) in [5.74, 6) is -0.935. The predicted molar refractivity (Wildman–Crippen MR) is 204 cm³/mol. The number of esters is 4. The predicted octanol–water partition coefficient (Wildman–Crippen LogP) is 9.57. The summed E-state index contributed by atoms with van der Waals surface area (Å²) in [6.07, 6.45) is 25.0. The summed E-state index contributed by atoms with van der Waals surface area (Å²) in [7, 11) is 0. The molecule has 304 valence electrons. The van der Waals surface area contributed by atoms with Crippen LogP contribution in [0.5, 0.6) is 0 Å². The molecule has 0 aromatic rings. The average molecular weight is 749 g/mol. The second-order valence-electron chi connectivity index (χ2n) is 15.8. The zero-order valence-electron chi connectivity index (χ0n) is 33.7. The molecule has 8 unspecified atom stereocenters. The van der Waals surface area contributed by atoms with Gasteiger partial charge in [-0.3, -0.25) is 14.4 Å². The van der Waals surface area contributed by atoms with Crippen LogP contribution >= 0.6 is 0 Å². The third kappa shape index (κ3) is 18.2. The molecule has 0 bridgehead atoms. The average Bonchev–Trinajstić information content (AvgIpc) is 3.85. The fourth-order valence-corrected chi connectivity index (χ4v) is 8.27. The smallest absolute Gasteiger partial charge is 0.334 e. The zero-order chi connectivity index (χ0) is 38.4. The van der Waals surface area contributed by atoms with Gasteiger partial charge in [-0.2, -0.15) is 0 Å². The third-order valence-electron chi connectivity index (χ3n) is 11.0. The second kappa shape index (κ2) is 25.6. The minimum Gasteiger partial charge on any atom is -0.463 e. The van der Waals surface area contributed by atoms with Crippen LogP contribution in [0, 0.1) is 0 Å². The first-order chi connectivity index (χ1) is 25.5. The molecule has 3 aliphatic heterocycles. The number of hydrogen-bond acceptors (Lipinski definition) is 10. The maximum atomic E-state index is 12.0. The van der Waals surface area contributed by atoms with E-state index in [0.29, 0.717) is 6.42 Å². The van der Waals surface area contributed by atoms with Gasteiger partial charge in [0.25, 0.3) is 0 Å². The molecule has 0 spiro atoms. The number of cyclic esters (lactones) is 1. The van der Waals surface area contributed by atoms with Crippen molar-refractivity contribution < 1.29 is 47.6 Å². The number of hydrogen-bond donors (Lipinski definition) is 0. The molecule has 0 N–H and O–H groups in total. The molecule has 10 nitrogen and oxygen atoms in total. The largest absolute Gasteiger partial charge is 0.463 e. The highest BCUT2D eigenvalue weighted by molar-refractivity contribution is 5.90. The lowest BCUT2D eigenvalue weighted by atomic mass is 9.99. The fraction of sp³-hybridized carbons (Fsp3) is 0.860. The fourth-order valence-electron chi connectivity index (χ4n) is 8.27. The monoisotopic (exact) mass is 749 g/mol. The summed E-state index contributed by atoms with van der Waals surface area (Å²) >= 11 is 0. The van der Waals surface area contributed by atoms with Gasteiger partial charge >= 0.3 is 23.9 Å². The van der Waals surface area contributed by atoms with Crippen LogP contribution in [0.15, 0.2) is 11.6 Å². The topological polar surface area (TPSA) is 124 Å². The van der Waals surface area contributed by atoms with E-state index in [0.717, 1.165) is 115 Å². The van der Waals surface area contributed by atoms with Gasteiger partial charge in [-0.1, -0.05) is 71.1 Å². The Morgan fingerprint density at radius 3 is 1.51 bits per heavy atom. The van der Waals surface area contributed by atoms with E-state index in [9.17, 15) is 19.2 Å². The lowest BCUT2D eigenvalue weighted by Gasteiger charge is -2.27. The Labute approximate surface area is 320 Å². The minimum absolute atomic E-state index is 0.0566. The molecule has 3 aliphatic rings. The molecule has 2 fully saturated rings. The Morgan fingerprint density at radius 2 is 1.06 bits per heavy atom. The summed E-state index contributed by atoms with van der Waals surface area (Å²) < 4.78 is 35.3. The van der Waals surface area contributed by atoms with Crippen LogP contribution in [-0.2, 0) is 47.6 Å². The minimum atomic E-state index is -0.312. The first-order valence-electron chi connectivity index (χ1n) is 21.3. The van der Waals surface area contributed by atoms with Gasteiger partial charge in [-0.25, -0.2) is 4.79 Å². The van der Waals surface area contributed by atoms with Gasteiger partial charge in [-0.05, 0) is 103 Å². The van der Waals surface area contributed by atoms with Crippen molar-refractivity contribution in [2.45, 2.75) is 238 Å². The highest BCUT2D eigenvalue weighted by atomic mass is 16.6. The van der Waals surface area contributed by atoms with Gasteiger partial charge in [0.2, 0.25) is 0 Å². The van der Waals surface area contributed by atoms with Gasteiger partial charge in [0.15, 0.2) is 0 Å². The van der Waals surface area contributed by atoms with E-state index in [1.165, 1.54) is 59.3 Å². The summed E-state index contributed by atoms with van der Waals surface area (Å²) in [5.41, 5.74) is 0.847. The first-order valence-corrected chi connectivity index (χ1v) is 21.3. The standard InChI is InChI=1S/C43H72O10/c1-6-7-16-22-36(49-32(3)44)23-19-20-25-38(51-34(5)46)40-27-29-42(53-40)41-28-26-39(52-41)37(50-33(4)45)24-18-15-13-11-9-8-10-12-14-17-21-35-30-31(2)48-43(35)47/h30-31,36-42H,6-29H2,1-5H3. The van der Waals surface area contributed by atoms with E-state index in [2.05, 4.69) is 6.92 Å². The van der Waals surface area contributed by atoms with Crippen LogP contribution in [0.1, 0.15) is 189 Å². The normalized spacial score (nSPS) is 24.4. The van der Waals surface area contributed by atoms with E-state index < -0.39 is 0 Å². The van der Waals surface area contributed by atoms with Gasteiger partial charge in [0.1, 0.15) is 24.4 Å². The van der Waals surface area contributed by atoms with Crippen molar-refractivity contribution in [2.24, 2.45) is 0 Å². The Morgan fingerprint density at radius 1 is 0.623 bits per heavy atom. The van der Waals surface area contributed by atoms with Crippen molar-refractivity contribution in [3.63, 3.8) is 0 Å². The molecular formula is C43H72O10. The summed E-state index contributed by atoms with van der Waals surface area (Å²) in [5, 5.41) is 0. The van der Waals surface area contributed by atoms with E-state index in [4.69, 9.17) is 28.4 Å². The molecule has 0 aliphatic carbocycles. The molecule has 3 rings (SSSR count). The number of ether oxygens (including phenoxy) is 6. The summed E-state index contributed by atoms with van der Waals surface area (Å²) in [6, 6.07) is 0. The lowest BCUT2D eigenvalue weighted by Crippen LogP contribution is -2.35. The molecule has 3 heterocycles. The molecular weight excluding hydrogens is 676 g/mol. The van der Waals surface area contributed by atoms with Gasteiger partial charge < -0.3 is 28.4 Å². The molecule has 2 saturated heterocycles. The van der Waals surface area contributed by atoms with Crippen molar-refractivity contribution in [3.8, 4) is 0 Å². The highest BCUT2D eigenvalue weighted by Gasteiger charge is 2.42. The number of unbranched alkanes of at least 4 members (excludes halogenated alkanes) is 12. The van der Waals surface area contributed by atoms with Crippen LogP contribution in [-0.4, -0.2) is 72.7 Å². The van der Waals surface area contributed by atoms with Gasteiger partial charge in [0, 0.05) is 26.3 Å².